The van der Waals surface area contributed by atoms with Crippen LogP contribution in [0.15, 0.2) is 23.3 Å². The molecule has 1 aliphatic heterocycles. The van der Waals surface area contributed by atoms with Crippen LogP contribution in [0.2, 0.25) is 0 Å². The zero-order valence-corrected chi connectivity index (χ0v) is 18.8. The number of nitrogens with zero attached hydrogens (tertiary/aromatic N) is 3. The van der Waals surface area contributed by atoms with Gasteiger partial charge in [0.2, 0.25) is 5.91 Å². The number of carbonyl (C=O) groups is 1. The fourth-order valence-electron chi connectivity index (χ4n) is 3.74. The molecule has 0 bridgehead atoms. The molecule has 170 valence electrons. The van der Waals surface area contributed by atoms with Gasteiger partial charge in [0.15, 0.2) is 11.5 Å². The highest BCUT2D eigenvalue weighted by Gasteiger charge is 2.28. The predicted octanol–water partition coefficient (Wildman–Crippen LogP) is 1.42. The quantitative estimate of drug-likeness (QED) is 0.640. The Morgan fingerprint density at radius 1 is 1.19 bits per heavy atom. The molecule has 9 nitrogen and oxygen atoms in total. The minimum atomic E-state index is -0.167. The Balaban J connectivity index is 1.55. The lowest BCUT2D eigenvalue weighted by Gasteiger charge is -2.40. The molecule has 1 amide bonds. The molecule has 0 radical (unpaired) electrons. The van der Waals surface area contributed by atoms with Crippen LogP contribution < -0.4 is 20.3 Å². The average molecular weight is 433 g/mol. The van der Waals surface area contributed by atoms with Crippen molar-refractivity contribution in [1.29, 1.82) is 0 Å². The number of nitrogens with one attached hydrogen (secondary N) is 1. The molecule has 3 rings (SSSR count). The van der Waals surface area contributed by atoms with E-state index in [9.17, 15) is 9.59 Å². The van der Waals surface area contributed by atoms with Crippen LogP contribution in [0, 0.1) is 0 Å². The average Bonchev–Trinajstić information content (AvgIpc) is 2.79. The summed E-state index contributed by atoms with van der Waals surface area (Å²) in [5.74, 6) is 0.986. The fourth-order valence-corrected chi connectivity index (χ4v) is 3.74. The van der Waals surface area contributed by atoms with Gasteiger partial charge in [0.25, 0.3) is 5.56 Å². The molecular formula is C22H32N4O5. The first-order valence-electron chi connectivity index (χ1n) is 10.6. The zero-order valence-electron chi connectivity index (χ0n) is 18.8. The third-order valence-electron chi connectivity index (χ3n) is 5.72. The van der Waals surface area contributed by atoms with Crippen LogP contribution in [0.4, 0.5) is 0 Å². The van der Waals surface area contributed by atoms with E-state index in [0.29, 0.717) is 48.3 Å². The van der Waals surface area contributed by atoms with Gasteiger partial charge in [-0.1, -0.05) is 0 Å². The second kappa shape index (κ2) is 10.1. The highest BCUT2D eigenvalue weighted by atomic mass is 16.5. The molecule has 0 unspecified atom stereocenters. The van der Waals surface area contributed by atoms with Gasteiger partial charge in [-0.25, -0.2) is 4.98 Å². The van der Waals surface area contributed by atoms with Gasteiger partial charge in [0.05, 0.1) is 44.7 Å². The summed E-state index contributed by atoms with van der Waals surface area (Å²) in [5, 5.41) is 3.48. The highest BCUT2D eigenvalue weighted by molar-refractivity contribution is 5.81. The van der Waals surface area contributed by atoms with Gasteiger partial charge in [-0.05, 0) is 26.3 Å². The number of carbonyl (C=O) groups excluding carboxylic acids is 1. The van der Waals surface area contributed by atoms with E-state index in [1.807, 2.05) is 0 Å². The summed E-state index contributed by atoms with van der Waals surface area (Å²) in [4.78, 5) is 31.8. The SMILES string of the molecule is COc1cc2ncn(CCCC(=O)NCC(C)(C)N3CCOCC3)c(=O)c2cc1OC. The van der Waals surface area contributed by atoms with Crippen molar-refractivity contribution in [3.05, 3.63) is 28.8 Å². The largest absolute Gasteiger partial charge is 0.493 e. The molecule has 0 atom stereocenters. The topological polar surface area (TPSA) is 94.9 Å². The lowest BCUT2D eigenvalue weighted by molar-refractivity contribution is -0.122. The molecule has 1 N–H and O–H groups in total. The maximum atomic E-state index is 12.8. The number of benzene rings is 1. The molecule has 1 saturated heterocycles. The van der Waals surface area contributed by atoms with Crippen LogP contribution >= 0.6 is 0 Å². The van der Waals surface area contributed by atoms with E-state index in [1.54, 1.807) is 12.1 Å². The molecule has 1 fully saturated rings. The fraction of sp³-hybridized carbons (Fsp3) is 0.591. The van der Waals surface area contributed by atoms with Crippen molar-refractivity contribution in [2.24, 2.45) is 0 Å². The van der Waals surface area contributed by atoms with E-state index in [-0.39, 0.29) is 17.0 Å². The molecule has 2 aromatic rings. The summed E-state index contributed by atoms with van der Waals surface area (Å²) >= 11 is 0. The monoisotopic (exact) mass is 432 g/mol. The van der Waals surface area contributed by atoms with Crippen LogP contribution in [-0.2, 0) is 16.1 Å². The van der Waals surface area contributed by atoms with Crippen molar-refractivity contribution in [3.63, 3.8) is 0 Å². The number of fused-ring (bicyclic) bond motifs is 1. The summed E-state index contributed by atoms with van der Waals surface area (Å²) in [6, 6.07) is 3.32. The summed E-state index contributed by atoms with van der Waals surface area (Å²) in [5.41, 5.74) is 0.250. The molecule has 2 heterocycles. The van der Waals surface area contributed by atoms with Gasteiger partial charge in [-0.3, -0.25) is 19.1 Å². The third kappa shape index (κ3) is 5.54. The first kappa shape index (κ1) is 23.0. The molecule has 1 aliphatic rings. The van der Waals surface area contributed by atoms with Crippen molar-refractivity contribution in [2.45, 2.75) is 38.8 Å². The van der Waals surface area contributed by atoms with Crippen LogP contribution in [0.25, 0.3) is 10.9 Å². The third-order valence-corrected chi connectivity index (χ3v) is 5.72. The van der Waals surface area contributed by atoms with Crippen LogP contribution in [-0.4, -0.2) is 73.0 Å². The minimum Gasteiger partial charge on any atom is -0.493 e. The van der Waals surface area contributed by atoms with Crippen molar-refractivity contribution in [2.75, 3.05) is 47.1 Å². The molecule has 31 heavy (non-hydrogen) atoms. The molecule has 1 aromatic carbocycles. The van der Waals surface area contributed by atoms with Gasteiger partial charge in [0, 0.05) is 44.2 Å². The second-order valence-electron chi connectivity index (χ2n) is 8.26. The number of hydrogen-bond acceptors (Lipinski definition) is 7. The van der Waals surface area contributed by atoms with Crippen molar-refractivity contribution >= 4 is 16.8 Å². The lowest BCUT2D eigenvalue weighted by Crippen LogP contribution is -2.55. The number of hydrogen-bond donors (Lipinski definition) is 1. The Morgan fingerprint density at radius 2 is 1.87 bits per heavy atom. The van der Waals surface area contributed by atoms with E-state index in [1.165, 1.54) is 25.1 Å². The maximum absolute atomic E-state index is 12.8. The predicted molar refractivity (Wildman–Crippen MR) is 118 cm³/mol. The Hall–Kier alpha value is -2.65. The molecule has 0 saturated carbocycles. The number of morpholine rings is 1. The molecule has 0 aliphatic carbocycles. The van der Waals surface area contributed by atoms with Crippen LogP contribution in [0.3, 0.4) is 0 Å². The van der Waals surface area contributed by atoms with Gasteiger partial charge in [-0.2, -0.15) is 0 Å². The number of aryl methyl sites for hydroxylation is 1. The van der Waals surface area contributed by atoms with Gasteiger partial charge in [0.1, 0.15) is 0 Å². The Morgan fingerprint density at radius 3 is 2.55 bits per heavy atom. The van der Waals surface area contributed by atoms with Gasteiger partial charge >= 0.3 is 0 Å². The van der Waals surface area contributed by atoms with Gasteiger partial charge < -0.3 is 19.5 Å². The number of methoxy groups -OCH3 is 2. The summed E-state index contributed by atoms with van der Waals surface area (Å²) in [6.45, 7) is 8.44. The standard InChI is InChI=1S/C22H32N4O5/c1-22(2,26-8-10-31-11-9-26)14-23-20(27)6-5-7-25-15-24-17-13-19(30-4)18(29-3)12-16(17)21(25)28/h12-13,15H,5-11,14H2,1-4H3,(H,23,27). The smallest absolute Gasteiger partial charge is 0.261 e. The zero-order chi connectivity index (χ0) is 22.4. The van der Waals surface area contributed by atoms with E-state index in [0.717, 1.165) is 26.3 Å². The maximum Gasteiger partial charge on any atom is 0.261 e. The molecular weight excluding hydrogens is 400 g/mol. The van der Waals surface area contributed by atoms with Crippen molar-refractivity contribution in [3.8, 4) is 11.5 Å². The highest BCUT2D eigenvalue weighted by Crippen LogP contribution is 2.29. The molecule has 1 aromatic heterocycles. The number of aromatic nitrogens is 2. The first-order valence-corrected chi connectivity index (χ1v) is 10.6. The number of rotatable bonds is 9. The number of amides is 1. The Kier molecular flexibility index (Phi) is 7.50. The van der Waals surface area contributed by atoms with E-state index in [2.05, 4.69) is 29.0 Å². The minimum absolute atomic E-state index is 0.0189. The summed E-state index contributed by atoms with van der Waals surface area (Å²) < 4.78 is 17.5. The van der Waals surface area contributed by atoms with Crippen molar-refractivity contribution < 1.29 is 19.0 Å². The van der Waals surface area contributed by atoms with Gasteiger partial charge in [-0.15, -0.1) is 0 Å². The van der Waals surface area contributed by atoms with Crippen LogP contribution in [0.5, 0.6) is 11.5 Å². The Labute approximate surface area is 182 Å². The lowest BCUT2D eigenvalue weighted by atomic mass is 10.0. The summed E-state index contributed by atoms with van der Waals surface area (Å²) in [6.07, 6.45) is 2.40. The second-order valence-corrected chi connectivity index (χ2v) is 8.26. The molecule has 0 spiro atoms. The van der Waals surface area contributed by atoms with Crippen molar-refractivity contribution in [1.82, 2.24) is 19.8 Å². The van der Waals surface area contributed by atoms with Crippen LogP contribution in [0.1, 0.15) is 26.7 Å². The normalized spacial score (nSPS) is 15.1. The Bertz CT molecular complexity index is 966. The summed E-state index contributed by atoms with van der Waals surface area (Å²) in [7, 11) is 3.07. The van der Waals surface area contributed by atoms with E-state index < -0.39 is 0 Å². The number of ether oxygens (including phenoxy) is 3. The van der Waals surface area contributed by atoms with E-state index >= 15 is 0 Å². The first-order chi connectivity index (χ1) is 14.9. The van der Waals surface area contributed by atoms with E-state index in [4.69, 9.17) is 14.2 Å². The molecule has 9 heteroatoms.